The van der Waals surface area contributed by atoms with Crippen LogP contribution in [0.4, 0.5) is 0 Å². The van der Waals surface area contributed by atoms with E-state index in [0.717, 1.165) is 25.3 Å². The minimum atomic E-state index is -0.173. The molecule has 0 bridgehead atoms. The normalized spacial score (nSPS) is 22.9. The van der Waals surface area contributed by atoms with Crippen molar-refractivity contribution in [2.45, 2.75) is 58.8 Å². The summed E-state index contributed by atoms with van der Waals surface area (Å²) in [5.41, 5.74) is 1.12. The van der Waals surface area contributed by atoms with Crippen LogP contribution in [0.25, 0.3) is 0 Å². The molecule has 20 heavy (non-hydrogen) atoms. The standard InChI is InChI=1S/C17H28NO2/c1-3-5-6-7-8-15-13-19-17(20-14-15)16-9-11-18(4-2)12-10-16/h9-12,15,17H,3-8,13-14H2,1-2H3/q+1. The Morgan fingerprint density at radius 2 is 1.75 bits per heavy atom. The average molecular weight is 278 g/mol. The lowest BCUT2D eigenvalue weighted by atomic mass is 10.0. The molecule has 1 aliphatic heterocycles. The highest BCUT2D eigenvalue weighted by molar-refractivity contribution is 5.09. The zero-order chi connectivity index (χ0) is 14.2. The van der Waals surface area contributed by atoms with Crippen LogP contribution >= 0.6 is 0 Å². The summed E-state index contributed by atoms with van der Waals surface area (Å²) in [4.78, 5) is 0. The molecular weight excluding hydrogens is 250 g/mol. The van der Waals surface area contributed by atoms with E-state index >= 15 is 0 Å². The number of hydrogen-bond donors (Lipinski definition) is 0. The topological polar surface area (TPSA) is 22.3 Å². The lowest BCUT2D eigenvalue weighted by Crippen LogP contribution is -2.32. The first-order chi connectivity index (χ1) is 9.83. The fourth-order valence-electron chi connectivity index (χ4n) is 2.60. The summed E-state index contributed by atoms with van der Waals surface area (Å²) >= 11 is 0. The zero-order valence-corrected chi connectivity index (χ0v) is 12.9. The van der Waals surface area contributed by atoms with Crippen molar-refractivity contribution in [2.75, 3.05) is 13.2 Å². The number of unbranched alkanes of at least 4 members (excludes halogenated alkanes) is 3. The van der Waals surface area contributed by atoms with Crippen molar-refractivity contribution in [3.63, 3.8) is 0 Å². The molecule has 0 unspecified atom stereocenters. The molecule has 3 heteroatoms. The lowest BCUT2D eigenvalue weighted by molar-refractivity contribution is -0.693. The van der Waals surface area contributed by atoms with Crippen LogP contribution in [-0.4, -0.2) is 13.2 Å². The van der Waals surface area contributed by atoms with Crippen LogP contribution < -0.4 is 4.57 Å². The summed E-state index contributed by atoms with van der Waals surface area (Å²) in [5, 5.41) is 0. The summed E-state index contributed by atoms with van der Waals surface area (Å²) in [5.74, 6) is 0.576. The van der Waals surface area contributed by atoms with Gasteiger partial charge in [-0.05, 0) is 13.3 Å². The van der Waals surface area contributed by atoms with Gasteiger partial charge in [-0.2, -0.15) is 0 Å². The Hall–Kier alpha value is -0.930. The van der Waals surface area contributed by atoms with Gasteiger partial charge in [-0.25, -0.2) is 4.57 Å². The van der Waals surface area contributed by atoms with Crippen LogP contribution in [0.2, 0.25) is 0 Å². The molecule has 1 aromatic heterocycles. The minimum Gasteiger partial charge on any atom is -0.348 e. The highest BCUT2D eigenvalue weighted by Crippen LogP contribution is 2.26. The molecule has 0 spiro atoms. The molecule has 0 N–H and O–H groups in total. The van der Waals surface area contributed by atoms with Crippen LogP contribution in [0.1, 0.15) is 57.8 Å². The fraction of sp³-hybridized carbons (Fsp3) is 0.706. The van der Waals surface area contributed by atoms with Crippen molar-refractivity contribution in [1.29, 1.82) is 0 Å². The molecule has 1 saturated heterocycles. The fourth-order valence-corrected chi connectivity index (χ4v) is 2.60. The predicted octanol–water partition coefficient (Wildman–Crippen LogP) is 3.63. The van der Waals surface area contributed by atoms with Gasteiger partial charge in [0, 0.05) is 23.6 Å². The van der Waals surface area contributed by atoms with E-state index in [1.807, 2.05) is 0 Å². The smallest absolute Gasteiger partial charge is 0.184 e. The zero-order valence-electron chi connectivity index (χ0n) is 12.9. The largest absolute Gasteiger partial charge is 0.348 e. The Morgan fingerprint density at radius 1 is 1.05 bits per heavy atom. The molecule has 2 heterocycles. The molecular formula is C17H28NO2+. The molecule has 112 valence electrons. The number of hydrogen-bond acceptors (Lipinski definition) is 2. The number of rotatable bonds is 7. The first kappa shape index (κ1) is 15.5. The summed E-state index contributed by atoms with van der Waals surface area (Å²) in [6.07, 6.45) is 10.5. The van der Waals surface area contributed by atoms with Crippen molar-refractivity contribution in [2.24, 2.45) is 5.92 Å². The molecule has 0 aliphatic carbocycles. The maximum absolute atomic E-state index is 5.88. The van der Waals surface area contributed by atoms with Gasteiger partial charge in [0.15, 0.2) is 18.7 Å². The molecule has 1 fully saturated rings. The first-order valence-electron chi connectivity index (χ1n) is 8.05. The second-order valence-electron chi connectivity index (χ2n) is 5.68. The lowest BCUT2D eigenvalue weighted by Gasteiger charge is -2.29. The number of nitrogens with zero attached hydrogens (tertiary/aromatic N) is 1. The molecule has 0 radical (unpaired) electrons. The summed E-state index contributed by atoms with van der Waals surface area (Å²) < 4.78 is 13.9. The van der Waals surface area contributed by atoms with Gasteiger partial charge in [-0.1, -0.05) is 32.6 Å². The third kappa shape index (κ3) is 4.57. The maximum atomic E-state index is 5.88. The van der Waals surface area contributed by atoms with E-state index in [9.17, 15) is 0 Å². The van der Waals surface area contributed by atoms with Crippen LogP contribution in [0.3, 0.4) is 0 Å². The van der Waals surface area contributed by atoms with Crippen LogP contribution in [0.15, 0.2) is 24.5 Å². The highest BCUT2D eigenvalue weighted by Gasteiger charge is 2.23. The van der Waals surface area contributed by atoms with Gasteiger partial charge in [0.1, 0.15) is 6.54 Å². The average Bonchev–Trinajstić information content (AvgIpc) is 2.52. The SMILES string of the molecule is CCCCCCC1COC(c2cc[n+](CC)cc2)OC1. The molecule has 3 nitrogen and oxygen atoms in total. The molecule has 2 rings (SSSR count). The van der Waals surface area contributed by atoms with Crippen LogP contribution in [-0.2, 0) is 16.0 Å². The van der Waals surface area contributed by atoms with Gasteiger partial charge < -0.3 is 9.47 Å². The molecule has 0 atom stereocenters. The van der Waals surface area contributed by atoms with Crippen molar-refractivity contribution in [3.8, 4) is 0 Å². The first-order valence-corrected chi connectivity index (χ1v) is 8.05. The highest BCUT2D eigenvalue weighted by atomic mass is 16.7. The molecule has 1 aromatic rings. The number of pyridine rings is 1. The van der Waals surface area contributed by atoms with E-state index in [4.69, 9.17) is 9.47 Å². The van der Waals surface area contributed by atoms with Crippen molar-refractivity contribution in [3.05, 3.63) is 30.1 Å². The van der Waals surface area contributed by atoms with E-state index in [1.54, 1.807) is 0 Å². The van der Waals surface area contributed by atoms with Crippen LogP contribution in [0, 0.1) is 5.92 Å². The van der Waals surface area contributed by atoms with Gasteiger partial charge >= 0.3 is 0 Å². The second-order valence-corrected chi connectivity index (χ2v) is 5.68. The van der Waals surface area contributed by atoms with E-state index in [1.165, 1.54) is 32.1 Å². The van der Waals surface area contributed by atoms with Gasteiger partial charge in [0.05, 0.1) is 13.2 Å². The number of ether oxygens (including phenoxy) is 2. The Bertz CT molecular complexity index is 369. The van der Waals surface area contributed by atoms with Crippen molar-refractivity contribution >= 4 is 0 Å². The third-order valence-electron chi connectivity index (χ3n) is 3.99. The Balaban J connectivity index is 1.73. The van der Waals surface area contributed by atoms with E-state index in [2.05, 4.69) is 42.9 Å². The summed E-state index contributed by atoms with van der Waals surface area (Å²) in [6, 6.07) is 4.19. The predicted molar refractivity (Wildman–Crippen MR) is 79.2 cm³/mol. The summed E-state index contributed by atoms with van der Waals surface area (Å²) in [7, 11) is 0. The number of aryl methyl sites for hydroxylation is 1. The third-order valence-corrected chi connectivity index (χ3v) is 3.99. The minimum absolute atomic E-state index is 0.173. The van der Waals surface area contributed by atoms with Crippen LogP contribution in [0.5, 0.6) is 0 Å². The Labute approximate surface area is 122 Å². The molecule has 0 aromatic carbocycles. The molecule has 1 aliphatic rings. The summed E-state index contributed by atoms with van der Waals surface area (Å²) in [6.45, 7) is 7.04. The van der Waals surface area contributed by atoms with Gasteiger partial charge in [-0.15, -0.1) is 0 Å². The maximum Gasteiger partial charge on any atom is 0.184 e. The van der Waals surface area contributed by atoms with E-state index in [-0.39, 0.29) is 6.29 Å². The quantitative estimate of drug-likeness (QED) is 0.561. The monoisotopic (exact) mass is 278 g/mol. The van der Waals surface area contributed by atoms with Crippen molar-refractivity contribution < 1.29 is 14.0 Å². The van der Waals surface area contributed by atoms with E-state index < -0.39 is 0 Å². The Kier molecular flexibility index (Phi) is 6.48. The van der Waals surface area contributed by atoms with E-state index in [0.29, 0.717) is 5.92 Å². The molecule has 0 saturated carbocycles. The van der Waals surface area contributed by atoms with Crippen molar-refractivity contribution in [1.82, 2.24) is 0 Å². The second kappa shape index (κ2) is 8.38. The Morgan fingerprint density at radius 3 is 2.35 bits per heavy atom. The van der Waals surface area contributed by atoms with Gasteiger partial charge in [0.2, 0.25) is 0 Å². The molecule has 0 amide bonds. The number of aromatic nitrogens is 1. The van der Waals surface area contributed by atoms with Gasteiger partial charge in [-0.3, -0.25) is 0 Å². The van der Waals surface area contributed by atoms with Gasteiger partial charge in [0.25, 0.3) is 0 Å².